The molecule has 9 heteroatoms. The van der Waals surface area contributed by atoms with Gasteiger partial charge in [-0.25, -0.2) is 4.57 Å². The molecular formula is C24H47N4O4P. The van der Waals surface area contributed by atoms with Crippen LogP contribution in [0.3, 0.4) is 0 Å². The molecule has 0 aliphatic carbocycles. The van der Waals surface area contributed by atoms with E-state index < -0.39 is 7.75 Å². The third-order valence-corrected chi connectivity index (χ3v) is 6.50. The molecule has 1 atom stereocenters. The van der Waals surface area contributed by atoms with Gasteiger partial charge in [-0.05, 0) is 45.4 Å². The van der Waals surface area contributed by atoms with Crippen LogP contribution in [0, 0.1) is 0 Å². The highest BCUT2D eigenvalue weighted by atomic mass is 31.2. The zero-order valence-electron chi connectivity index (χ0n) is 21.0. The second kappa shape index (κ2) is 17.1. The number of nitrogens with one attached hydrogen (secondary N) is 1. The fraction of sp³-hybridized carbons (Fsp3) is 0.833. The Hall–Kier alpha value is -1.37. The van der Waals surface area contributed by atoms with E-state index in [1.54, 1.807) is 11.9 Å². The SMILES string of the molecule is CCCCCC/C=C\CCCCCCCC(=O)NCCCN1CC(C)N(C)C1=NP(=O)(O)O. The monoisotopic (exact) mass is 486 g/mol. The lowest BCUT2D eigenvalue weighted by Crippen LogP contribution is -2.34. The Morgan fingerprint density at radius 2 is 1.67 bits per heavy atom. The summed E-state index contributed by atoms with van der Waals surface area (Å²) in [5.74, 6) is 0.404. The Morgan fingerprint density at radius 3 is 2.30 bits per heavy atom. The molecule has 0 aromatic rings. The van der Waals surface area contributed by atoms with Crippen LogP contribution >= 0.6 is 7.75 Å². The highest BCUT2D eigenvalue weighted by Crippen LogP contribution is 2.37. The normalized spacial score (nSPS) is 18.1. The first-order valence-electron chi connectivity index (χ1n) is 12.8. The Bertz CT molecular complexity index is 650. The molecule has 1 rings (SSSR count). The summed E-state index contributed by atoms with van der Waals surface area (Å²) in [6, 6.07) is 0.136. The fourth-order valence-corrected chi connectivity index (χ4v) is 4.47. The van der Waals surface area contributed by atoms with E-state index in [0.717, 1.165) is 12.8 Å². The van der Waals surface area contributed by atoms with Crippen molar-refractivity contribution in [2.75, 3.05) is 26.7 Å². The topological polar surface area (TPSA) is 105 Å². The Balaban J connectivity index is 2.04. The summed E-state index contributed by atoms with van der Waals surface area (Å²) in [4.78, 5) is 34.0. The number of carbonyl (C=O) groups excluding carboxylic acids is 1. The molecule has 192 valence electrons. The van der Waals surface area contributed by atoms with Crippen molar-refractivity contribution in [1.29, 1.82) is 0 Å². The summed E-state index contributed by atoms with van der Waals surface area (Å²) in [5.41, 5.74) is 0. The Kier molecular flexibility index (Phi) is 15.4. The number of likely N-dealkylation sites (N-methyl/N-ethyl adjacent to an activating group) is 1. The Morgan fingerprint density at radius 1 is 1.06 bits per heavy atom. The third-order valence-electron chi connectivity index (χ3n) is 6.06. The van der Waals surface area contributed by atoms with Gasteiger partial charge in [0.25, 0.3) is 0 Å². The van der Waals surface area contributed by atoms with E-state index in [9.17, 15) is 19.1 Å². The van der Waals surface area contributed by atoms with Gasteiger partial charge in [-0.1, -0.05) is 57.6 Å². The number of carbonyl (C=O) groups is 1. The molecule has 1 heterocycles. The van der Waals surface area contributed by atoms with Crippen molar-refractivity contribution in [3.05, 3.63) is 12.2 Å². The van der Waals surface area contributed by atoms with Gasteiger partial charge in [0.2, 0.25) is 11.9 Å². The van der Waals surface area contributed by atoms with E-state index >= 15 is 0 Å². The highest BCUT2D eigenvalue weighted by Gasteiger charge is 2.31. The molecule has 0 saturated carbocycles. The minimum atomic E-state index is -4.47. The van der Waals surface area contributed by atoms with E-state index in [-0.39, 0.29) is 11.9 Å². The number of amides is 1. The summed E-state index contributed by atoms with van der Waals surface area (Å²) in [7, 11) is -2.69. The molecule has 1 amide bonds. The number of hydrogen-bond donors (Lipinski definition) is 3. The van der Waals surface area contributed by atoms with Crippen LogP contribution in [0.15, 0.2) is 16.9 Å². The molecule has 1 fully saturated rings. The number of guanidine groups is 1. The summed E-state index contributed by atoms with van der Waals surface area (Å²) in [6.07, 6.45) is 19.2. The molecule has 1 aliphatic rings. The second-order valence-corrected chi connectivity index (χ2v) is 10.4. The maximum absolute atomic E-state index is 12.0. The van der Waals surface area contributed by atoms with Crippen LogP contribution < -0.4 is 5.32 Å². The fourth-order valence-electron chi connectivity index (χ4n) is 3.97. The summed E-state index contributed by atoms with van der Waals surface area (Å²) in [6.45, 7) is 6.05. The molecule has 0 spiro atoms. The molecule has 33 heavy (non-hydrogen) atoms. The average Bonchev–Trinajstić information content (AvgIpc) is 3.01. The number of rotatable bonds is 18. The number of allylic oxidation sites excluding steroid dienone is 2. The first-order valence-corrected chi connectivity index (χ1v) is 14.4. The van der Waals surface area contributed by atoms with Crippen molar-refractivity contribution in [1.82, 2.24) is 15.1 Å². The van der Waals surface area contributed by atoms with Crippen molar-refractivity contribution in [2.45, 2.75) is 103 Å². The lowest BCUT2D eigenvalue weighted by atomic mass is 10.1. The standard InChI is InChI=1S/C24H47N4O4P/c1-4-5-6-7-8-9-10-11-12-13-14-15-16-18-23(29)25-19-17-20-28-21-22(2)27(3)24(28)26-33(30,31)32/h9-10,22H,4-8,11-21H2,1-3H3,(H,25,29)(H2,30,31,32)/b10-9-,26-24?. The largest absolute Gasteiger partial charge is 0.451 e. The quantitative estimate of drug-likeness (QED) is 0.146. The molecule has 0 aromatic heterocycles. The second-order valence-electron chi connectivity index (χ2n) is 9.15. The van der Waals surface area contributed by atoms with Crippen LogP contribution in [0.25, 0.3) is 0 Å². The van der Waals surface area contributed by atoms with E-state index in [4.69, 9.17) is 0 Å². The zero-order chi connectivity index (χ0) is 24.5. The number of unbranched alkanes of at least 4 members (excludes halogenated alkanes) is 9. The van der Waals surface area contributed by atoms with Gasteiger partial charge in [0.1, 0.15) is 0 Å². The molecule has 1 saturated heterocycles. The lowest BCUT2D eigenvalue weighted by molar-refractivity contribution is -0.121. The van der Waals surface area contributed by atoms with Gasteiger partial charge < -0.3 is 24.9 Å². The van der Waals surface area contributed by atoms with Gasteiger partial charge in [0.05, 0.1) is 0 Å². The van der Waals surface area contributed by atoms with Crippen LogP contribution in [-0.2, 0) is 9.36 Å². The van der Waals surface area contributed by atoms with Crippen LogP contribution in [0.4, 0.5) is 0 Å². The molecular weight excluding hydrogens is 439 g/mol. The smallest absolute Gasteiger partial charge is 0.356 e. The summed E-state index contributed by atoms with van der Waals surface area (Å²) < 4.78 is 14.8. The maximum Gasteiger partial charge on any atom is 0.451 e. The van der Waals surface area contributed by atoms with Crippen molar-refractivity contribution in [3.8, 4) is 0 Å². The van der Waals surface area contributed by atoms with Crippen molar-refractivity contribution in [3.63, 3.8) is 0 Å². The van der Waals surface area contributed by atoms with E-state index in [2.05, 4.69) is 29.2 Å². The first kappa shape index (κ1) is 29.7. The summed E-state index contributed by atoms with van der Waals surface area (Å²) >= 11 is 0. The third kappa shape index (κ3) is 14.5. The van der Waals surface area contributed by atoms with E-state index in [1.165, 1.54) is 57.8 Å². The first-order chi connectivity index (χ1) is 15.7. The van der Waals surface area contributed by atoms with Gasteiger partial charge in [-0.3, -0.25) is 4.79 Å². The lowest BCUT2D eigenvalue weighted by Gasteiger charge is -2.21. The molecule has 3 N–H and O–H groups in total. The van der Waals surface area contributed by atoms with Crippen molar-refractivity contribution < 1.29 is 19.1 Å². The van der Waals surface area contributed by atoms with E-state index in [0.29, 0.717) is 38.4 Å². The van der Waals surface area contributed by atoms with Crippen LogP contribution in [0.5, 0.6) is 0 Å². The zero-order valence-corrected chi connectivity index (χ0v) is 21.9. The molecule has 8 nitrogen and oxygen atoms in total. The predicted octanol–water partition coefficient (Wildman–Crippen LogP) is 4.83. The van der Waals surface area contributed by atoms with E-state index in [1.807, 2.05) is 11.8 Å². The molecule has 0 aromatic carbocycles. The van der Waals surface area contributed by atoms with Crippen LogP contribution in [0.1, 0.15) is 97.3 Å². The molecule has 0 bridgehead atoms. The van der Waals surface area contributed by atoms with Crippen LogP contribution in [-0.4, -0.2) is 64.2 Å². The van der Waals surface area contributed by atoms with Crippen molar-refractivity contribution in [2.24, 2.45) is 4.76 Å². The average molecular weight is 487 g/mol. The van der Waals surface area contributed by atoms with Crippen LogP contribution in [0.2, 0.25) is 0 Å². The highest BCUT2D eigenvalue weighted by molar-refractivity contribution is 7.50. The molecule has 1 aliphatic heterocycles. The van der Waals surface area contributed by atoms with Gasteiger partial charge in [0.15, 0.2) is 0 Å². The van der Waals surface area contributed by atoms with Gasteiger partial charge in [-0.15, -0.1) is 4.76 Å². The van der Waals surface area contributed by atoms with Gasteiger partial charge in [-0.2, -0.15) is 0 Å². The predicted molar refractivity (Wildman–Crippen MR) is 136 cm³/mol. The molecule has 1 unspecified atom stereocenters. The minimum Gasteiger partial charge on any atom is -0.356 e. The van der Waals surface area contributed by atoms with Gasteiger partial charge in [0, 0.05) is 39.1 Å². The maximum atomic E-state index is 12.0. The number of nitrogens with zero attached hydrogens (tertiary/aromatic N) is 3. The summed E-state index contributed by atoms with van der Waals surface area (Å²) in [5, 5.41) is 2.95. The Labute approximate surface area is 201 Å². The number of hydrogen-bond acceptors (Lipinski definition) is 2. The van der Waals surface area contributed by atoms with Crippen molar-refractivity contribution >= 4 is 19.6 Å². The minimum absolute atomic E-state index is 0.0806. The van der Waals surface area contributed by atoms with Gasteiger partial charge >= 0.3 is 7.75 Å². The molecule has 0 radical (unpaired) electrons.